The quantitative estimate of drug-likeness (QED) is 0.341. The van der Waals surface area contributed by atoms with E-state index in [9.17, 15) is 14.3 Å². The molecule has 186 valence electrons. The molecule has 1 atom stereocenters. The molecule has 0 radical (unpaired) electrons. The summed E-state index contributed by atoms with van der Waals surface area (Å²) in [6, 6.07) is 9.12. The Balaban J connectivity index is 1.68. The summed E-state index contributed by atoms with van der Waals surface area (Å²) in [7, 11) is 0. The van der Waals surface area contributed by atoms with Crippen LogP contribution in [0.4, 0.5) is 10.1 Å². The van der Waals surface area contributed by atoms with E-state index in [2.05, 4.69) is 31.9 Å². The van der Waals surface area contributed by atoms with E-state index >= 15 is 0 Å². The van der Waals surface area contributed by atoms with Crippen molar-refractivity contribution in [1.29, 1.82) is 5.26 Å². The van der Waals surface area contributed by atoms with Gasteiger partial charge in [-0.15, -0.1) is 0 Å². The SMILES string of the molecule is Cc1noc(C)c1CNc1cc(-c2ccc3cc(C#N)cnn23)ncc1C(=O)NCC(F)C(C)(C)O. The van der Waals surface area contributed by atoms with Crippen LogP contribution in [0, 0.1) is 25.2 Å². The van der Waals surface area contributed by atoms with Gasteiger partial charge in [0.05, 0.1) is 57.8 Å². The van der Waals surface area contributed by atoms with Crippen molar-refractivity contribution >= 4 is 17.1 Å². The minimum Gasteiger partial charge on any atom is -0.387 e. The van der Waals surface area contributed by atoms with E-state index < -0.39 is 17.7 Å². The molecule has 0 aromatic carbocycles. The van der Waals surface area contributed by atoms with E-state index in [1.807, 2.05) is 19.1 Å². The van der Waals surface area contributed by atoms with E-state index in [1.165, 1.54) is 26.2 Å². The van der Waals surface area contributed by atoms with Gasteiger partial charge in [-0.2, -0.15) is 10.4 Å². The molecule has 3 N–H and O–H groups in total. The molecule has 0 saturated heterocycles. The highest BCUT2D eigenvalue weighted by Gasteiger charge is 2.27. The van der Waals surface area contributed by atoms with Gasteiger partial charge in [0, 0.05) is 18.3 Å². The molecule has 0 saturated carbocycles. The number of aromatic nitrogens is 4. The van der Waals surface area contributed by atoms with Gasteiger partial charge in [-0.3, -0.25) is 9.78 Å². The highest BCUT2D eigenvalue weighted by Crippen LogP contribution is 2.26. The van der Waals surface area contributed by atoms with Crippen molar-refractivity contribution in [2.24, 2.45) is 0 Å². The molecule has 1 amide bonds. The van der Waals surface area contributed by atoms with Crippen LogP contribution in [-0.4, -0.2) is 49.1 Å². The molecule has 4 aromatic heterocycles. The highest BCUT2D eigenvalue weighted by molar-refractivity contribution is 6.00. The molecule has 0 bridgehead atoms. The summed E-state index contributed by atoms with van der Waals surface area (Å²) in [5.74, 6) is 0.111. The number of rotatable bonds is 8. The number of fused-ring (bicyclic) bond motifs is 1. The van der Waals surface area contributed by atoms with Crippen molar-refractivity contribution in [3.05, 3.63) is 64.8 Å². The van der Waals surface area contributed by atoms with Crippen molar-refractivity contribution in [2.45, 2.75) is 46.0 Å². The zero-order valence-electron chi connectivity index (χ0n) is 20.3. The molecule has 4 aromatic rings. The predicted octanol–water partition coefficient (Wildman–Crippen LogP) is 3.32. The number of aryl methyl sites for hydroxylation is 2. The lowest BCUT2D eigenvalue weighted by atomic mass is 10.0. The Kier molecular flexibility index (Phi) is 6.72. The largest absolute Gasteiger partial charge is 0.387 e. The third kappa shape index (κ3) is 5.04. The molecule has 0 aliphatic heterocycles. The van der Waals surface area contributed by atoms with E-state index in [4.69, 9.17) is 9.78 Å². The lowest BCUT2D eigenvalue weighted by molar-refractivity contribution is -0.00177. The van der Waals surface area contributed by atoms with Crippen LogP contribution in [0.15, 0.2) is 41.2 Å². The number of nitriles is 1. The van der Waals surface area contributed by atoms with Crippen LogP contribution in [0.2, 0.25) is 0 Å². The molecule has 0 aliphatic rings. The first-order valence-electron chi connectivity index (χ1n) is 11.3. The van der Waals surface area contributed by atoms with Gasteiger partial charge in [0.15, 0.2) is 0 Å². The predicted molar refractivity (Wildman–Crippen MR) is 130 cm³/mol. The minimum atomic E-state index is -1.65. The number of nitrogens with zero attached hydrogens (tertiary/aromatic N) is 5. The molecule has 0 fully saturated rings. The molecule has 1 unspecified atom stereocenters. The van der Waals surface area contributed by atoms with Crippen molar-refractivity contribution in [3.63, 3.8) is 0 Å². The van der Waals surface area contributed by atoms with E-state index in [1.54, 1.807) is 23.6 Å². The average Bonchev–Trinajstić information content (AvgIpc) is 3.42. The van der Waals surface area contributed by atoms with Gasteiger partial charge in [0.25, 0.3) is 5.91 Å². The smallest absolute Gasteiger partial charge is 0.255 e. The van der Waals surface area contributed by atoms with Gasteiger partial charge in [0.2, 0.25) is 0 Å². The summed E-state index contributed by atoms with van der Waals surface area (Å²) in [6.45, 7) is 6.28. The summed E-state index contributed by atoms with van der Waals surface area (Å²) >= 11 is 0. The third-order valence-electron chi connectivity index (χ3n) is 5.89. The molecule has 10 nitrogen and oxygen atoms in total. The number of hydrogen-bond donors (Lipinski definition) is 3. The van der Waals surface area contributed by atoms with Crippen molar-refractivity contribution in [1.82, 2.24) is 25.1 Å². The fourth-order valence-corrected chi connectivity index (χ4v) is 3.64. The Bertz CT molecular complexity index is 1440. The number of halogens is 1. The van der Waals surface area contributed by atoms with Gasteiger partial charge in [-0.25, -0.2) is 8.91 Å². The summed E-state index contributed by atoms with van der Waals surface area (Å²) < 4.78 is 21.1. The van der Waals surface area contributed by atoms with Crippen LogP contribution in [-0.2, 0) is 6.54 Å². The maximum atomic E-state index is 14.2. The molecular weight excluding hydrogens is 465 g/mol. The Labute approximate surface area is 206 Å². The Morgan fingerprint density at radius 3 is 2.75 bits per heavy atom. The highest BCUT2D eigenvalue weighted by atomic mass is 19.1. The first kappa shape index (κ1) is 24.8. The number of alkyl halides is 1. The second kappa shape index (κ2) is 9.75. The third-order valence-corrected chi connectivity index (χ3v) is 5.89. The van der Waals surface area contributed by atoms with Gasteiger partial charge in [-0.1, -0.05) is 5.16 Å². The monoisotopic (exact) mass is 491 g/mol. The van der Waals surface area contributed by atoms with Crippen LogP contribution in [0.25, 0.3) is 16.9 Å². The summed E-state index contributed by atoms with van der Waals surface area (Å²) in [5.41, 5.74) is 3.00. The molecular formula is C25H26FN7O3. The van der Waals surface area contributed by atoms with Crippen LogP contribution in [0.5, 0.6) is 0 Å². The fourth-order valence-electron chi connectivity index (χ4n) is 3.64. The average molecular weight is 492 g/mol. The maximum Gasteiger partial charge on any atom is 0.255 e. The summed E-state index contributed by atoms with van der Waals surface area (Å²) in [6.07, 6.45) is 1.22. The number of pyridine rings is 1. The number of anilines is 1. The van der Waals surface area contributed by atoms with Gasteiger partial charge < -0.3 is 20.3 Å². The molecule has 36 heavy (non-hydrogen) atoms. The second-order valence-electron chi connectivity index (χ2n) is 9.01. The van der Waals surface area contributed by atoms with Crippen molar-refractivity contribution in [3.8, 4) is 17.5 Å². The lowest BCUT2D eigenvalue weighted by Gasteiger charge is -2.22. The summed E-state index contributed by atoms with van der Waals surface area (Å²) in [5, 5.41) is 33.0. The van der Waals surface area contributed by atoms with E-state index in [0.717, 1.165) is 16.8 Å². The van der Waals surface area contributed by atoms with Gasteiger partial charge >= 0.3 is 0 Å². The van der Waals surface area contributed by atoms with Crippen LogP contribution in [0.3, 0.4) is 0 Å². The number of hydrogen-bond acceptors (Lipinski definition) is 8. The topological polar surface area (TPSA) is 141 Å². The molecule has 0 aliphatic carbocycles. The van der Waals surface area contributed by atoms with Crippen LogP contribution < -0.4 is 10.6 Å². The zero-order chi connectivity index (χ0) is 26.0. The fraction of sp³-hybridized carbons (Fsp3) is 0.320. The number of aliphatic hydroxyl groups is 1. The van der Waals surface area contributed by atoms with Gasteiger partial charge in [-0.05, 0) is 52.0 Å². The molecule has 4 heterocycles. The van der Waals surface area contributed by atoms with Crippen LogP contribution in [0.1, 0.15) is 46.8 Å². The molecule has 0 spiro atoms. The number of nitrogens with one attached hydrogen (secondary N) is 2. The van der Waals surface area contributed by atoms with Crippen molar-refractivity contribution < 1.29 is 18.8 Å². The maximum absolute atomic E-state index is 14.2. The first-order valence-corrected chi connectivity index (χ1v) is 11.3. The first-order chi connectivity index (χ1) is 17.1. The number of carbonyl (C=O) groups is 1. The zero-order valence-corrected chi connectivity index (χ0v) is 20.3. The number of carbonyl (C=O) groups excluding carboxylic acids is 1. The van der Waals surface area contributed by atoms with Gasteiger partial charge in [0.1, 0.15) is 18.0 Å². The second-order valence-corrected chi connectivity index (χ2v) is 9.01. The van der Waals surface area contributed by atoms with E-state index in [-0.39, 0.29) is 12.1 Å². The lowest BCUT2D eigenvalue weighted by Crippen LogP contribution is -2.42. The Morgan fingerprint density at radius 1 is 1.31 bits per heavy atom. The normalized spacial score (nSPS) is 12.4. The van der Waals surface area contributed by atoms with Crippen LogP contribution >= 0.6 is 0 Å². The minimum absolute atomic E-state index is 0.203. The van der Waals surface area contributed by atoms with E-state index in [0.29, 0.717) is 34.9 Å². The standard InChI is InChI=1S/C25H26FN7O3/c1-14-18(15(2)36-32-14)11-28-20-8-21(22-6-5-17-7-16(9-27)10-31-33(17)22)29-12-19(20)24(34)30-13-23(26)25(3,4)35/h5-8,10,12,23,35H,11,13H2,1-4H3,(H,28,29)(H,30,34). The Morgan fingerprint density at radius 2 is 2.08 bits per heavy atom. The molecule has 11 heteroatoms. The summed E-state index contributed by atoms with van der Waals surface area (Å²) in [4.78, 5) is 17.4. The van der Waals surface area contributed by atoms with Crippen molar-refractivity contribution in [2.75, 3.05) is 11.9 Å². The number of amides is 1. The molecule has 4 rings (SSSR count). The Hall–Kier alpha value is -4.30.